The molecule has 3 N–H and O–H groups in total. The van der Waals surface area contributed by atoms with Crippen molar-refractivity contribution in [3.05, 3.63) is 135 Å². The second-order valence-electron chi connectivity index (χ2n) is 10.7. The van der Waals surface area contributed by atoms with Gasteiger partial charge in [-0.3, -0.25) is 19.5 Å². The van der Waals surface area contributed by atoms with Gasteiger partial charge in [-0.05, 0) is 61.6 Å². The van der Waals surface area contributed by atoms with Crippen LogP contribution in [0, 0.1) is 10.1 Å². The summed E-state index contributed by atoms with van der Waals surface area (Å²) in [6.45, 7) is 4.05. The molecule has 0 aliphatic heterocycles. The minimum Gasteiger partial charge on any atom is -0.497 e. The number of carbonyl (C=O) groups is 1. The van der Waals surface area contributed by atoms with Crippen molar-refractivity contribution >= 4 is 24.8 Å². The molecule has 0 saturated heterocycles. The second kappa shape index (κ2) is 13.1. The van der Waals surface area contributed by atoms with E-state index in [0.717, 1.165) is 23.6 Å². The lowest BCUT2D eigenvalue weighted by Crippen LogP contribution is -2.39. The molecule has 4 aromatic rings. The minimum absolute atomic E-state index is 0.206. The Morgan fingerprint density at radius 1 is 0.932 bits per heavy atom. The van der Waals surface area contributed by atoms with E-state index in [4.69, 9.17) is 9.47 Å². The van der Waals surface area contributed by atoms with Gasteiger partial charge in [-0.25, -0.2) is 0 Å². The number of carbonyl (C=O) groups excluding carboxylic acids is 1. The summed E-state index contributed by atoms with van der Waals surface area (Å²) in [5, 5.41) is 12.8. The van der Waals surface area contributed by atoms with Crippen LogP contribution in [0.15, 0.2) is 103 Å². The fourth-order valence-corrected chi connectivity index (χ4v) is 5.95. The standard InChI is InChI=1S/C33H35N2O8P/c1-23(36)32(3,44(39,40)41)22-25-15-18-29(35(37)38)21-31(25)34-24(2)43-33(26-11-7-5-8-12-26,27-13-9-6-10-14-27)28-16-19-30(42-4)20-17-28/h5-21,24,34H,22H2,1-4H3,(H2,39,40,41). The van der Waals surface area contributed by atoms with Gasteiger partial charge in [-0.15, -0.1) is 0 Å². The summed E-state index contributed by atoms with van der Waals surface area (Å²) in [4.78, 5) is 43.8. The Hall–Kier alpha value is -4.34. The second-order valence-corrected chi connectivity index (χ2v) is 12.8. The molecule has 44 heavy (non-hydrogen) atoms. The predicted octanol–water partition coefficient (Wildman–Crippen LogP) is 6.44. The number of nitro benzene ring substituents is 1. The molecule has 0 spiro atoms. The smallest absolute Gasteiger partial charge is 0.339 e. The van der Waals surface area contributed by atoms with Crippen LogP contribution in [0.5, 0.6) is 5.75 Å². The first kappa shape index (κ1) is 32.6. The molecule has 0 aliphatic rings. The molecule has 0 radical (unpaired) electrons. The molecule has 0 saturated carbocycles. The number of Topliss-reactive ketones (excluding diaryl/α,β-unsaturated/α-hetero) is 1. The molecule has 0 aromatic heterocycles. The predicted molar refractivity (Wildman–Crippen MR) is 168 cm³/mol. The number of benzene rings is 4. The van der Waals surface area contributed by atoms with E-state index in [1.165, 1.54) is 25.1 Å². The molecule has 230 valence electrons. The van der Waals surface area contributed by atoms with Crippen LogP contribution in [0.1, 0.15) is 43.0 Å². The van der Waals surface area contributed by atoms with Gasteiger partial charge in [0, 0.05) is 17.8 Å². The summed E-state index contributed by atoms with van der Waals surface area (Å²) in [7, 11) is -3.32. The molecule has 10 nitrogen and oxygen atoms in total. The van der Waals surface area contributed by atoms with E-state index in [-0.39, 0.29) is 17.8 Å². The van der Waals surface area contributed by atoms with Gasteiger partial charge < -0.3 is 24.6 Å². The van der Waals surface area contributed by atoms with Crippen molar-refractivity contribution in [2.24, 2.45) is 0 Å². The summed E-state index contributed by atoms with van der Waals surface area (Å²) >= 11 is 0. The zero-order chi connectivity index (χ0) is 32.1. The van der Waals surface area contributed by atoms with Gasteiger partial charge >= 0.3 is 7.60 Å². The van der Waals surface area contributed by atoms with Crippen molar-refractivity contribution in [1.29, 1.82) is 0 Å². The minimum atomic E-state index is -4.91. The Morgan fingerprint density at radius 3 is 1.91 bits per heavy atom. The topological polar surface area (TPSA) is 148 Å². The summed E-state index contributed by atoms with van der Waals surface area (Å²) in [6, 6.07) is 30.6. The Labute approximate surface area is 256 Å². The zero-order valence-electron chi connectivity index (χ0n) is 24.8. The number of nitrogens with zero attached hydrogens (tertiary/aromatic N) is 1. The Bertz CT molecular complexity index is 1620. The third-order valence-corrected chi connectivity index (χ3v) is 9.57. The lowest BCUT2D eigenvalue weighted by Gasteiger charge is -2.38. The van der Waals surface area contributed by atoms with Crippen LogP contribution in [-0.2, 0) is 26.1 Å². The largest absolute Gasteiger partial charge is 0.497 e. The Morgan fingerprint density at radius 2 is 1.45 bits per heavy atom. The van der Waals surface area contributed by atoms with Crippen molar-refractivity contribution in [3.8, 4) is 5.75 Å². The van der Waals surface area contributed by atoms with Crippen molar-refractivity contribution in [1.82, 2.24) is 0 Å². The van der Waals surface area contributed by atoms with Gasteiger partial charge in [-0.2, -0.15) is 0 Å². The first-order valence-electron chi connectivity index (χ1n) is 13.9. The summed E-state index contributed by atoms with van der Waals surface area (Å²) in [6.07, 6.45) is -1.18. The van der Waals surface area contributed by atoms with Crippen LogP contribution >= 0.6 is 7.60 Å². The molecule has 0 amide bonds. The van der Waals surface area contributed by atoms with Crippen LogP contribution in [0.25, 0.3) is 0 Å². The quantitative estimate of drug-likeness (QED) is 0.0506. The zero-order valence-corrected chi connectivity index (χ0v) is 25.7. The molecule has 11 heteroatoms. The molecule has 4 aromatic carbocycles. The van der Waals surface area contributed by atoms with E-state index in [1.807, 2.05) is 84.9 Å². The van der Waals surface area contributed by atoms with Crippen LogP contribution in [-0.4, -0.2) is 39.0 Å². The number of rotatable bonds is 13. The van der Waals surface area contributed by atoms with Crippen molar-refractivity contribution in [3.63, 3.8) is 0 Å². The number of ketones is 1. The average molecular weight is 619 g/mol. The normalized spacial score (nSPS) is 13.9. The maximum absolute atomic E-state index is 12.5. The first-order valence-corrected chi connectivity index (χ1v) is 15.5. The van der Waals surface area contributed by atoms with E-state index in [2.05, 4.69) is 5.32 Å². The highest BCUT2D eigenvalue weighted by molar-refractivity contribution is 7.54. The van der Waals surface area contributed by atoms with E-state index >= 15 is 0 Å². The molecular weight excluding hydrogens is 583 g/mol. The van der Waals surface area contributed by atoms with Gasteiger partial charge in [0.05, 0.1) is 12.0 Å². The highest BCUT2D eigenvalue weighted by Crippen LogP contribution is 2.53. The number of hydrogen-bond donors (Lipinski definition) is 3. The molecule has 4 rings (SSSR count). The number of methoxy groups -OCH3 is 1. The van der Waals surface area contributed by atoms with E-state index in [9.17, 15) is 29.3 Å². The summed E-state index contributed by atoms with van der Waals surface area (Å²) in [5.41, 5.74) is 1.52. The Balaban J connectivity index is 1.84. The third kappa shape index (κ3) is 6.59. The van der Waals surface area contributed by atoms with Gasteiger partial charge in [0.2, 0.25) is 0 Å². The lowest BCUT2D eigenvalue weighted by atomic mass is 9.80. The maximum Gasteiger partial charge on any atom is 0.339 e. The number of hydrogen-bond acceptors (Lipinski definition) is 7. The van der Waals surface area contributed by atoms with Crippen LogP contribution in [0.3, 0.4) is 0 Å². The summed E-state index contributed by atoms with van der Waals surface area (Å²) in [5.74, 6) is -0.0409. The van der Waals surface area contributed by atoms with Crippen molar-refractivity contribution in [2.45, 2.75) is 44.2 Å². The molecule has 0 heterocycles. The molecule has 0 fully saturated rings. The van der Waals surface area contributed by atoms with Crippen LogP contribution < -0.4 is 10.1 Å². The average Bonchev–Trinajstić information content (AvgIpc) is 3.01. The highest BCUT2D eigenvalue weighted by atomic mass is 31.2. The van der Waals surface area contributed by atoms with Crippen LogP contribution in [0.4, 0.5) is 11.4 Å². The fraction of sp³-hybridized carbons (Fsp3) is 0.242. The Kier molecular flexibility index (Phi) is 9.71. The molecule has 2 atom stereocenters. The van der Waals surface area contributed by atoms with Crippen molar-refractivity contribution < 1.29 is 33.5 Å². The molecule has 0 bridgehead atoms. The summed E-state index contributed by atoms with van der Waals surface area (Å²) < 4.78 is 24.7. The lowest BCUT2D eigenvalue weighted by molar-refractivity contribution is -0.384. The van der Waals surface area contributed by atoms with Crippen molar-refractivity contribution in [2.75, 3.05) is 12.4 Å². The van der Waals surface area contributed by atoms with Crippen LogP contribution in [0.2, 0.25) is 0 Å². The van der Waals surface area contributed by atoms with E-state index < -0.39 is 35.3 Å². The number of anilines is 1. The molecule has 0 aliphatic carbocycles. The SMILES string of the molecule is COc1ccc(C(OC(C)Nc2cc([N+](=O)[O-])ccc2CC(C)(C(C)=O)P(=O)(O)O)(c2ccccc2)c2ccccc2)cc1. The van der Waals surface area contributed by atoms with Gasteiger partial charge in [-0.1, -0.05) is 78.9 Å². The van der Waals surface area contributed by atoms with E-state index in [0.29, 0.717) is 11.3 Å². The number of non-ortho nitro benzene ring substituents is 1. The number of ether oxygens (including phenoxy) is 2. The number of nitrogens with one attached hydrogen (secondary N) is 1. The monoisotopic (exact) mass is 618 g/mol. The van der Waals surface area contributed by atoms with Gasteiger partial charge in [0.25, 0.3) is 5.69 Å². The third-order valence-electron chi connectivity index (χ3n) is 7.81. The molecule has 2 unspecified atom stereocenters. The fourth-order valence-electron chi connectivity index (χ4n) is 5.16. The van der Waals surface area contributed by atoms with Gasteiger partial charge in [0.1, 0.15) is 28.5 Å². The first-order chi connectivity index (χ1) is 20.8. The highest BCUT2D eigenvalue weighted by Gasteiger charge is 2.47. The van der Waals surface area contributed by atoms with Gasteiger partial charge in [0.15, 0.2) is 0 Å². The maximum atomic E-state index is 12.5. The molecular formula is C33H35N2O8P. The van der Waals surface area contributed by atoms with E-state index in [1.54, 1.807) is 14.0 Å². The number of nitro groups is 1.